The molecular weight excluding hydrogens is 477 g/mol. The van der Waals surface area contributed by atoms with Crippen LogP contribution in [-0.2, 0) is 13.6 Å². The maximum absolute atomic E-state index is 4.61. The summed E-state index contributed by atoms with van der Waals surface area (Å²) in [5, 5.41) is 8.13. The minimum atomic E-state index is 0. The third-order valence-corrected chi connectivity index (χ3v) is 5.56. The van der Waals surface area contributed by atoms with Crippen LogP contribution in [0.25, 0.3) is 0 Å². The molecule has 29 heavy (non-hydrogen) atoms. The number of unbranched alkanes of at least 4 members (excludes halogenated alkanes) is 1. The molecule has 0 aromatic carbocycles. The molecule has 1 fully saturated rings. The van der Waals surface area contributed by atoms with Gasteiger partial charge in [-0.15, -0.1) is 24.0 Å². The van der Waals surface area contributed by atoms with Crippen molar-refractivity contribution < 1.29 is 0 Å². The van der Waals surface area contributed by atoms with Gasteiger partial charge in [-0.2, -0.15) is 5.10 Å². The van der Waals surface area contributed by atoms with E-state index in [9.17, 15) is 0 Å². The largest absolute Gasteiger partial charge is 0.356 e. The van der Waals surface area contributed by atoms with E-state index >= 15 is 0 Å². The van der Waals surface area contributed by atoms with E-state index in [4.69, 9.17) is 0 Å². The van der Waals surface area contributed by atoms with E-state index < -0.39 is 0 Å². The SMILES string of the molecule is CCN1CCN(CCCCNC(=NC)N(C)Cc2cn(C)nc2C(C)C)CC1.I. The van der Waals surface area contributed by atoms with Crippen molar-refractivity contribution in [2.45, 2.75) is 46.1 Å². The smallest absolute Gasteiger partial charge is 0.193 e. The number of nitrogens with zero attached hydrogens (tertiary/aromatic N) is 6. The lowest BCUT2D eigenvalue weighted by Crippen LogP contribution is -2.46. The second-order valence-electron chi connectivity index (χ2n) is 8.18. The molecule has 2 rings (SSSR count). The van der Waals surface area contributed by atoms with Crippen LogP contribution in [0, 0.1) is 0 Å². The molecule has 0 radical (unpaired) electrons. The van der Waals surface area contributed by atoms with Crippen molar-refractivity contribution in [3.63, 3.8) is 0 Å². The molecule has 0 amide bonds. The summed E-state index contributed by atoms with van der Waals surface area (Å²) in [6, 6.07) is 0. The van der Waals surface area contributed by atoms with Crippen molar-refractivity contribution in [1.82, 2.24) is 29.8 Å². The minimum absolute atomic E-state index is 0. The van der Waals surface area contributed by atoms with Gasteiger partial charge in [0.25, 0.3) is 0 Å². The molecule has 0 saturated carbocycles. The molecule has 0 atom stereocenters. The van der Waals surface area contributed by atoms with Crippen LogP contribution >= 0.6 is 24.0 Å². The summed E-state index contributed by atoms with van der Waals surface area (Å²) < 4.78 is 1.91. The number of likely N-dealkylation sites (N-methyl/N-ethyl adjacent to an activating group) is 1. The fourth-order valence-corrected chi connectivity index (χ4v) is 3.87. The Labute approximate surface area is 194 Å². The van der Waals surface area contributed by atoms with Gasteiger partial charge in [-0.1, -0.05) is 20.8 Å². The number of aliphatic imine (C=N–C) groups is 1. The normalized spacial score (nSPS) is 16.2. The molecule has 2 heterocycles. The Morgan fingerprint density at radius 3 is 2.45 bits per heavy atom. The molecule has 1 saturated heterocycles. The quantitative estimate of drug-likeness (QED) is 0.235. The van der Waals surface area contributed by atoms with E-state index in [0.717, 1.165) is 19.0 Å². The number of halogens is 1. The Bertz CT molecular complexity index is 606. The summed E-state index contributed by atoms with van der Waals surface area (Å²) >= 11 is 0. The topological polar surface area (TPSA) is 51.9 Å². The van der Waals surface area contributed by atoms with Gasteiger partial charge in [-0.25, -0.2) is 0 Å². The zero-order chi connectivity index (χ0) is 20.5. The summed E-state index contributed by atoms with van der Waals surface area (Å²) in [5.74, 6) is 1.38. The lowest BCUT2D eigenvalue weighted by atomic mass is 10.1. The van der Waals surface area contributed by atoms with Crippen molar-refractivity contribution in [3.8, 4) is 0 Å². The van der Waals surface area contributed by atoms with E-state index in [2.05, 4.69) is 64.1 Å². The summed E-state index contributed by atoms with van der Waals surface area (Å²) in [6.07, 6.45) is 4.53. The molecule has 1 aliphatic heterocycles. The Balaban J connectivity index is 0.00000420. The highest BCUT2D eigenvalue weighted by Crippen LogP contribution is 2.18. The number of hydrogen-bond donors (Lipinski definition) is 1. The van der Waals surface area contributed by atoms with Crippen molar-refractivity contribution >= 4 is 29.9 Å². The second kappa shape index (κ2) is 13.4. The molecule has 0 spiro atoms. The van der Waals surface area contributed by atoms with Crippen LogP contribution in [0.5, 0.6) is 0 Å². The maximum atomic E-state index is 4.61. The first kappa shape index (κ1) is 26.2. The second-order valence-corrected chi connectivity index (χ2v) is 8.18. The van der Waals surface area contributed by atoms with Gasteiger partial charge in [0.2, 0.25) is 0 Å². The number of hydrogen-bond acceptors (Lipinski definition) is 4. The third-order valence-electron chi connectivity index (χ3n) is 5.56. The summed E-state index contributed by atoms with van der Waals surface area (Å²) in [4.78, 5) is 11.8. The molecular formula is C21H42IN7. The molecule has 0 aliphatic carbocycles. The van der Waals surface area contributed by atoms with Crippen molar-refractivity contribution in [1.29, 1.82) is 0 Å². The van der Waals surface area contributed by atoms with E-state index in [1.54, 1.807) is 0 Å². The predicted molar refractivity (Wildman–Crippen MR) is 133 cm³/mol. The average molecular weight is 520 g/mol. The first-order chi connectivity index (χ1) is 13.4. The first-order valence-corrected chi connectivity index (χ1v) is 10.8. The van der Waals surface area contributed by atoms with Gasteiger partial charge >= 0.3 is 0 Å². The highest BCUT2D eigenvalue weighted by molar-refractivity contribution is 14.0. The molecule has 1 aliphatic rings. The third kappa shape index (κ3) is 8.41. The van der Waals surface area contributed by atoms with Crippen LogP contribution in [0.15, 0.2) is 11.2 Å². The van der Waals surface area contributed by atoms with E-state index in [1.807, 2.05) is 18.8 Å². The summed E-state index contributed by atoms with van der Waals surface area (Å²) in [6.45, 7) is 15.7. The van der Waals surface area contributed by atoms with Crippen molar-refractivity contribution in [3.05, 3.63) is 17.5 Å². The number of aromatic nitrogens is 2. The van der Waals surface area contributed by atoms with Gasteiger partial charge in [0.15, 0.2) is 5.96 Å². The van der Waals surface area contributed by atoms with Gasteiger partial charge < -0.3 is 20.0 Å². The van der Waals surface area contributed by atoms with Crippen molar-refractivity contribution in [2.24, 2.45) is 12.0 Å². The van der Waals surface area contributed by atoms with Crippen LogP contribution in [0.3, 0.4) is 0 Å². The Hall–Kier alpha value is -0.870. The van der Waals surface area contributed by atoms with Crippen LogP contribution in [-0.4, -0.2) is 90.3 Å². The Morgan fingerprint density at radius 2 is 1.86 bits per heavy atom. The zero-order valence-corrected chi connectivity index (χ0v) is 21.6. The van der Waals surface area contributed by atoms with Gasteiger partial charge in [0.1, 0.15) is 0 Å². The van der Waals surface area contributed by atoms with Gasteiger partial charge in [-0.05, 0) is 31.8 Å². The number of nitrogens with one attached hydrogen (secondary N) is 1. The minimum Gasteiger partial charge on any atom is -0.356 e. The Kier molecular flexibility index (Phi) is 12.1. The maximum Gasteiger partial charge on any atom is 0.193 e. The molecule has 0 unspecified atom stereocenters. The fourth-order valence-electron chi connectivity index (χ4n) is 3.87. The molecule has 1 N–H and O–H groups in total. The molecule has 168 valence electrons. The molecule has 8 heteroatoms. The molecule has 7 nitrogen and oxygen atoms in total. The highest BCUT2D eigenvalue weighted by Gasteiger charge is 2.16. The molecule has 1 aromatic rings. The molecule has 0 bridgehead atoms. The predicted octanol–water partition coefficient (Wildman–Crippen LogP) is 2.59. The first-order valence-electron chi connectivity index (χ1n) is 10.8. The van der Waals surface area contributed by atoms with Crippen molar-refractivity contribution in [2.75, 3.05) is 59.9 Å². The summed E-state index contributed by atoms with van der Waals surface area (Å²) in [5.41, 5.74) is 2.45. The number of rotatable bonds is 9. The van der Waals surface area contributed by atoms with Crippen LogP contribution < -0.4 is 5.32 Å². The standard InChI is InChI=1S/C21H41N7.HI/c1-7-27-12-14-28(15-13-27)11-9-8-10-23-21(22-4)25(5)16-19-17-26(6)24-20(19)18(2)3;/h17-18H,7-16H2,1-6H3,(H,22,23);1H. The van der Waals surface area contributed by atoms with E-state index in [0.29, 0.717) is 5.92 Å². The number of aryl methyl sites for hydroxylation is 1. The number of piperazine rings is 1. The van der Waals surface area contributed by atoms with E-state index in [1.165, 1.54) is 63.4 Å². The monoisotopic (exact) mass is 519 g/mol. The lowest BCUT2D eigenvalue weighted by Gasteiger charge is -2.34. The van der Waals surface area contributed by atoms with Crippen LogP contribution in [0.4, 0.5) is 0 Å². The van der Waals surface area contributed by atoms with Crippen LogP contribution in [0.2, 0.25) is 0 Å². The Morgan fingerprint density at radius 1 is 1.21 bits per heavy atom. The average Bonchev–Trinajstić information content (AvgIpc) is 3.05. The van der Waals surface area contributed by atoms with E-state index in [-0.39, 0.29) is 24.0 Å². The van der Waals surface area contributed by atoms with Gasteiger partial charge in [-0.3, -0.25) is 9.67 Å². The zero-order valence-electron chi connectivity index (χ0n) is 19.3. The highest BCUT2D eigenvalue weighted by atomic mass is 127. The molecule has 1 aromatic heterocycles. The van der Waals surface area contributed by atoms with Gasteiger partial charge in [0.05, 0.1) is 5.69 Å². The van der Waals surface area contributed by atoms with Gasteiger partial charge in [0, 0.05) is 72.2 Å². The fraction of sp³-hybridized carbons (Fsp3) is 0.810. The van der Waals surface area contributed by atoms with Crippen LogP contribution in [0.1, 0.15) is 50.8 Å². The lowest BCUT2D eigenvalue weighted by molar-refractivity contribution is 0.136. The number of guanidine groups is 1. The summed E-state index contributed by atoms with van der Waals surface area (Å²) in [7, 11) is 5.95.